The second kappa shape index (κ2) is 6.62. The first-order valence-electron chi connectivity index (χ1n) is 5.61. The number of hydrogen-bond donors (Lipinski definition) is 1. The Hall–Kier alpha value is -2.06. The van der Waals surface area contributed by atoms with Gasteiger partial charge in [0.25, 0.3) is 0 Å². The number of esters is 1. The van der Waals surface area contributed by atoms with Crippen molar-refractivity contribution in [3.63, 3.8) is 0 Å². The van der Waals surface area contributed by atoms with Crippen molar-refractivity contribution in [3.05, 3.63) is 28.8 Å². The number of nitrogens with zero attached hydrogens (tertiary/aromatic N) is 1. The van der Waals surface area contributed by atoms with E-state index in [1.165, 1.54) is 7.11 Å². The van der Waals surface area contributed by atoms with E-state index < -0.39 is 0 Å². The highest BCUT2D eigenvalue weighted by Crippen LogP contribution is 2.25. The molecule has 5 heteroatoms. The molecule has 18 heavy (non-hydrogen) atoms. The molecular weight excluding hydrogens is 232 g/mol. The zero-order valence-electron chi connectivity index (χ0n) is 10.5. The molecule has 0 unspecified atom stereocenters. The fourth-order valence-electron chi connectivity index (χ4n) is 1.71. The Kier molecular flexibility index (Phi) is 5.15. The summed E-state index contributed by atoms with van der Waals surface area (Å²) in [5, 5.41) is 9.04. The Bertz CT molecular complexity index is 478. The van der Waals surface area contributed by atoms with Crippen LogP contribution in [0.5, 0.6) is 5.75 Å². The molecule has 1 rings (SSSR count). The van der Waals surface area contributed by atoms with E-state index in [2.05, 4.69) is 0 Å². The summed E-state index contributed by atoms with van der Waals surface area (Å²) >= 11 is 0. The quantitative estimate of drug-likeness (QED) is 0.789. The largest absolute Gasteiger partial charge is 0.495 e. The van der Waals surface area contributed by atoms with E-state index in [-0.39, 0.29) is 18.9 Å². The third kappa shape index (κ3) is 3.22. The van der Waals surface area contributed by atoms with Gasteiger partial charge in [-0.25, -0.2) is 0 Å². The van der Waals surface area contributed by atoms with Crippen LogP contribution in [0, 0.1) is 11.3 Å². The molecule has 0 amide bonds. The first-order valence-corrected chi connectivity index (χ1v) is 5.61. The third-order valence-electron chi connectivity index (χ3n) is 2.42. The van der Waals surface area contributed by atoms with Crippen molar-refractivity contribution < 1.29 is 14.3 Å². The fourth-order valence-corrected chi connectivity index (χ4v) is 1.71. The van der Waals surface area contributed by atoms with Crippen LogP contribution in [0.25, 0.3) is 0 Å². The van der Waals surface area contributed by atoms with E-state index in [1.807, 2.05) is 6.07 Å². The number of methoxy groups -OCH3 is 1. The molecule has 1 aromatic rings. The van der Waals surface area contributed by atoms with Gasteiger partial charge in [0.2, 0.25) is 0 Å². The maximum Gasteiger partial charge on any atom is 0.310 e. The van der Waals surface area contributed by atoms with Crippen LogP contribution < -0.4 is 10.5 Å². The highest BCUT2D eigenvalue weighted by Gasteiger charge is 2.13. The Morgan fingerprint density at radius 2 is 2.22 bits per heavy atom. The average molecular weight is 248 g/mol. The molecule has 96 valence electrons. The van der Waals surface area contributed by atoms with Crippen molar-refractivity contribution in [3.8, 4) is 11.8 Å². The molecule has 0 aliphatic heterocycles. The second-order valence-corrected chi connectivity index (χ2v) is 3.63. The van der Waals surface area contributed by atoms with Crippen molar-refractivity contribution in [2.45, 2.75) is 19.9 Å². The summed E-state index contributed by atoms with van der Waals surface area (Å²) < 4.78 is 10.0. The SMILES string of the molecule is CCOC(=O)Cc1cc(C#N)c(OC)c(CN)c1. The van der Waals surface area contributed by atoms with Gasteiger partial charge in [-0.1, -0.05) is 6.07 Å². The number of nitrogens with two attached hydrogens (primary N) is 1. The highest BCUT2D eigenvalue weighted by molar-refractivity contribution is 5.73. The van der Waals surface area contributed by atoms with Crippen LogP contribution in [-0.4, -0.2) is 19.7 Å². The molecule has 0 aliphatic carbocycles. The molecule has 1 aromatic carbocycles. The monoisotopic (exact) mass is 248 g/mol. The van der Waals surface area contributed by atoms with Crippen molar-refractivity contribution in [2.75, 3.05) is 13.7 Å². The predicted molar refractivity (Wildman–Crippen MR) is 65.9 cm³/mol. The van der Waals surface area contributed by atoms with Crippen molar-refractivity contribution in [1.29, 1.82) is 5.26 Å². The molecule has 5 nitrogen and oxygen atoms in total. The van der Waals surface area contributed by atoms with E-state index in [1.54, 1.807) is 19.1 Å². The highest BCUT2D eigenvalue weighted by atomic mass is 16.5. The van der Waals surface area contributed by atoms with Crippen LogP contribution in [0.3, 0.4) is 0 Å². The van der Waals surface area contributed by atoms with Gasteiger partial charge in [-0.05, 0) is 18.6 Å². The van der Waals surface area contributed by atoms with Gasteiger partial charge in [0.15, 0.2) is 0 Å². The van der Waals surface area contributed by atoms with Crippen molar-refractivity contribution in [2.24, 2.45) is 5.73 Å². The summed E-state index contributed by atoms with van der Waals surface area (Å²) in [6.07, 6.45) is 0.125. The molecule has 0 atom stereocenters. The molecule has 0 heterocycles. The van der Waals surface area contributed by atoms with E-state index in [0.717, 1.165) is 0 Å². The molecule has 0 bridgehead atoms. The summed E-state index contributed by atoms with van der Waals surface area (Å²) in [5.74, 6) is 0.141. The normalized spacial score (nSPS) is 9.67. The molecule has 0 saturated carbocycles. The van der Waals surface area contributed by atoms with E-state index in [0.29, 0.717) is 29.0 Å². The first-order chi connectivity index (χ1) is 8.65. The molecule has 2 N–H and O–H groups in total. The minimum absolute atomic E-state index is 0.125. The Morgan fingerprint density at radius 3 is 2.72 bits per heavy atom. The average Bonchev–Trinajstić information content (AvgIpc) is 2.37. The third-order valence-corrected chi connectivity index (χ3v) is 2.42. The molecule has 0 aromatic heterocycles. The second-order valence-electron chi connectivity index (χ2n) is 3.63. The lowest BCUT2D eigenvalue weighted by Gasteiger charge is -2.11. The zero-order chi connectivity index (χ0) is 13.5. The van der Waals surface area contributed by atoms with Gasteiger partial charge in [-0.2, -0.15) is 5.26 Å². The van der Waals surface area contributed by atoms with Crippen LogP contribution in [-0.2, 0) is 22.5 Å². The Morgan fingerprint density at radius 1 is 1.50 bits per heavy atom. The van der Waals surface area contributed by atoms with Gasteiger partial charge in [-0.15, -0.1) is 0 Å². The van der Waals surface area contributed by atoms with Gasteiger partial charge in [0.05, 0.1) is 25.7 Å². The minimum Gasteiger partial charge on any atom is -0.495 e. The summed E-state index contributed by atoms with van der Waals surface area (Å²) in [6.45, 7) is 2.33. The van der Waals surface area contributed by atoms with Crippen LogP contribution in [0.15, 0.2) is 12.1 Å². The first kappa shape index (κ1) is 14.0. The van der Waals surface area contributed by atoms with Crippen LogP contribution in [0.2, 0.25) is 0 Å². The van der Waals surface area contributed by atoms with Gasteiger partial charge in [0, 0.05) is 12.1 Å². The maximum absolute atomic E-state index is 11.4. The van der Waals surface area contributed by atoms with Crippen molar-refractivity contribution in [1.82, 2.24) is 0 Å². The van der Waals surface area contributed by atoms with Crippen LogP contribution in [0.4, 0.5) is 0 Å². The number of rotatable bonds is 5. The lowest BCUT2D eigenvalue weighted by molar-refractivity contribution is -0.142. The van der Waals surface area contributed by atoms with Gasteiger partial charge >= 0.3 is 5.97 Å². The predicted octanol–water partition coefficient (Wildman–Crippen LogP) is 1.13. The molecule has 0 spiro atoms. The fraction of sp³-hybridized carbons (Fsp3) is 0.385. The number of ether oxygens (including phenoxy) is 2. The number of carbonyl (C=O) groups is 1. The molecular formula is C13H16N2O3. The van der Waals surface area contributed by atoms with Gasteiger partial charge in [-0.3, -0.25) is 4.79 Å². The Labute approximate surface area is 106 Å². The van der Waals surface area contributed by atoms with E-state index in [9.17, 15) is 4.79 Å². The smallest absolute Gasteiger partial charge is 0.310 e. The minimum atomic E-state index is -0.325. The topological polar surface area (TPSA) is 85.3 Å². The molecule has 0 saturated heterocycles. The van der Waals surface area contributed by atoms with Crippen molar-refractivity contribution >= 4 is 5.97 Å². The number of benzene rings is 1. The molecule has 0 radical (unpaired) electrons. The van der Waals surface area contributed by atoms with Crippen LogP contribution in [0.1, 0.15) is 23.6 Å². The maximum atomic E-state index is 11.4. The van der Waals surface area contributed by atoms with Crippen LogP contribution >= 0.6 is 0 Å². The summed E-state index contributed by atoms with van der Waals surface area (Å²) in [5.41, 5.74) is 7.38. The zero-order valence-corrected chi connectivity index (χ0v) is 10.5. The summed E-state index contributed by atoms with van der Waals surface area (Å²) in [6, 6.07) is 5.41. The molecule has 0 aliphatic rings. The number of carbonyl (C=O) groups excluding carboxylic acids is 1. The summed E-state index contributed by atoms with van der Waals surface area (Å²) in [7, 11) is 1.49. The van der Waals surface area contributed by atoms with E-state index >= 15 is 0 Å². The Balaban J connectivity index is 3.08. The van der Waals surface area contributed by atoms with Gasteiger partial charge in [0.1, 0.15) is 11.8 Å². The number of nitriles is 1. The van der Waals surface area contributed by atoms with Gasteiger partial charge < -0.3 is 15.2 Å². The van der Waals surface area contributed by atoms with E-state index in [4.69, 9.17) is 20.5 Å². The number of hydrogen-bond acceptors (Lipinski definition) is 5. The lowest BCUT2D eigenvalue weighted by atomic mass is 10.0. The standard InChI is InChI=1S/C13H16N2O3/c1-3-18-12(16)6-9-4-10(7-14)13(17-2)11(5-9)8-15/h4-5H,3,6-7,14H2,1-2H3. The lowest BCUT2D eigenvalue weighted by Crippen LogP contribution is -2.09. The summed E-state index contributed by atoms with van der Waals surface area (Å²) in [4.78, 5) is 11.4. The molecule has 0 fully saturated rings.